The van der Waals surface area contributed by atoms with Crippen molar-refractivity contribution in [3.63, 3.8) is 0 Å². The first-order chi connectivity index (χ1) is 12.6. The lowest BCUT2D eigenvalue weighted by molar-refractivity contribution is 0.102. The average molecular weight is 366 g/mol. The molecule has 0 radical (unpaired) electrons. The maximum Gasteiger partial charge on any atom is 0.256 e. The summed E-state index contributed by atoms with van der Waals surface area (Å²) in [6.07, 6.45) is 0.820. The molecule has 3 N–H and O–H groups in total. The van der Waals surface area contributed by atoms with Crippen molar-refractivity contribution in [3.05, 3.63) is 64.7 Å². The molecule has 0 saturated carbocycles. The Labute approximate surface area is 154 Å². The standard InChI is InChI=1S/C19H16ClN5O/c1-2-11-7-8-12(9-13(11)20)19(26)23-17-10-16(24-25-17)18-21-14-5-3-4-6-15(14)22-18/h3-10H,2H2,1H3,(H,21,22)(H2,23,24,25,26). The summed E-state index contributed by atoms with van der Waals surface area (Å²) < 4.78 is 0. The third-order valence-corrected chi connectivity index (χ3v) is 4.51. The van der Waals surface area contributed by atoms with E-state index in [2.05, 4.69) is 25.5 Å². The molecule has 0 saturated heterocycles. The number of imidazole rings is 1. The Hall–Kier alpha value is -3.12. The van der Waals surface area contributed by atoms with Crippen molar-refractivity contribution >= 4 is 34.4 Å². The Bertz CT molecular complexity index is 1070. The van der Waals surface area contributed by atoms with Crippen LogP contribution in [0.15, 0.2) is 48.5 Å². The van der Waals surface area contributed by atoms with Crippen LogP contribution in [0.2, 0.25) is 5.02 Å². The fourth-order valence-electron chi connectivity index (χ4n) is 2.75. The van der Waals surface area contributed by atoms with Gasteiger partial charge in [0.05, 0.1) is 11.0 Å². The van der Waals surface area contributed by atoms with Crippen LogP contribution < -0.4 is 5.32 Å². The first kappa shape index (κ1) is 16.4. The van der Waals surface area contributed by atoms with Gasteiger partial charge in [-0.25, -0.2) is 4.98 Å². The summed E-state index contributed by atoms with van der Waals surface area (Å²) in [6.45, 7) is 2.02. The van der Waals surface area contributed by atoms with Gasteiger partial charge in [0.15, 0.2) is 11.6 Å². The molecule has 0 aliphatic rings. The number of aromatic amines is 2. The van der Waals surface area contributed by atoms with Crippen LogP contribution in [0.5, 0.6) is 0 Å². The van der Waals surface area contributed by atoms with Crippen molar-refractivity contribution < 1.29 is 4.79 Å². The summed E-state index contributed by atoms with van der Waals surface area (Å²) in [5.41, 5.74) is 3.99. The molecule has 2 heterocycles. The maximum atomic E-state index is 12.4. The second-order valence-corrected chi connectivity index (χ2v) is 6.29. The number of para-hydroxylation sites is 2. The fraction of sp³-hybridized carbons (Fsp3) is 0.105. The number of H-pyrrole nitrogens is 2. The Morgan fingerprint density at radius 1 is 1.19 bits per heavy atom. The highest BCUT2D eigenvalue weighted by Gasteiger charge is 2.13. The Kier molecular flexibility index (Phi) is 4.18. The monoisotopic (exact) mass is 365 g/mol. The molecule has 4 rings (SSSR count). The quantitative estimate of drug-likeness (QED) is 0.500. The third kappa shape index (κ3) is 3.07. The van der Waals surface area contributed by atoms with Gasteiger partial charge in [-0.3, -0.25) is 9.89 Å². The summed E-state index contributed by atoms with van der Waals surface area (Å²) >= 11 is 6.19. The van der Waals surface area contributed by atoms with Crippen LogP contribution >= 0.6 is 11.6 Å². The fourth-order valence-corrected chi connectivity index (χ4v) is 3.07. The molecule has 0 aliphatic carbocycles. The lowest BCUT2D eigenvalue weighted by atomic mass is 10.1. The van der Waals surface area contributed by atoms with Gasteiger partial charge in [0, 0.05) is 16.7 Å². The minimum atomic E-state index is -0.266. The zero-order valence-corrected chi connectivity index (χ0v) is 14.8. The number of hydrogen-bond acceptors (Lipinski definition) is 3. The van der Waals surface area contributed by atoms with Gasteiger partial charge in [-0.05, 0) is 36.2 Å². The first-order valence-corrected chi connectivity index (χ1v) is 8.62. The summed E-state index contributed by atoms with van der Waals surface area (Å²) in [4.78, 5) is 20.1. The number of nitrogens with zero attached hydrogens (tertiary/aromatic N) is 2. The van der Waals surface area contributed by atoms with Crippen LogP contribution in [0.4, 0.5) is 5.82 Å². The van der Waals surface area contributed by atoms with Crippen molar-refractivity contribution in [1.82, 2.24) is 20.2 Å². The van der Waals surface area contributed by atoms with E-state index in [-0.39, 0.29) is 5.91 Å². The molecule has 4 aromatic rings. The lowest BCUT2D eigenvalue weighted by Crippen LogP contribution is -2.12. The highest BCUT2D eigenvalue weighted by Crippen LogP contribution is 2.22. The third-order valence-electron chi connectivity index (χ3n) is 4.16. The van der Waals surface area contributed by atoms with E-state index in [1.54, 1.807) is 18.2 Å². The SMILES string of the molecule is CCc1ccc(C(=O)Nc2cc(-c3nc4ccccc4[nH]3)[nH]n2)cc1Cl. The van der Waals surface area contributed by atoms with Crippen molar-refractivity contribution in [2.75, 3.05) is 5.32 Å². The molecular weight excluding hydrogens is 350 g/mol. The van der Waals surface area contributed by atoms with Crippen molar-refractivity contribution in [2.24, 2.45) is 0 Å². The Morgan fingerprint density at radius 2 is 2.04 bits per heavy atom. The first-order valence-electron chi connectivity index (χ1n) is 8.24. The summed E-state index contributed by atoms with van der Waals surface area (Å²) in [5, 5.41) is 10.4. The topological polar surface area (TPSA) is 86.5 Å². The number of carbonyl (C=O) groups excluding carboxylic acids is 1. The van der Waals surface area contributed by atoms with E-state index >= 15 is 0 Å². The largest absolute Gasteiger partial charge is 0.337 e. The summed E-state index contributed by atoms with van der Waals surface area (Å²) in [5.74, 6) is 0.813. The van der Waals surface area contributed by atoms with Crippen LogP contribution in [-0.4, -0.2) is 26.1 Å². The Morgan fingerprint density at radius 3 is 2.81 bits per heavy atom. The van der Waals surface area contributed by atoms with E-state index < -0.39 is 0 Å². The van der Waals surface area contributed by atoms with Crippen LogP contribution in [0, 0.1) is 0 Å². The molecule has 0 aliphatic heterocycles. The molecule has 0 unspecified atom stereocenters. The summed E-state index contributed by atoms with van der Waals surface area (Å²) in [6, 6.07) is 14.8. The molecular formula is C19H16ClN5O. The predicted molar refractivity (Wildman–Crippen MR) is 102 cm³/mol. The predicted octanol–water partition coefficient (Wildman–Crippen LogP) is 4.42. The van der Waals surface area contributed by atoms with Crippen LogP contribution in [-0.2, 0) is 6.42 Å². The van der Waals surface area contributed by atoms with E-state index in [0.29, 0.717) is 27.9 Å². The highest BCUT2D eigenvalue weighted by molar-refractivity contribution is 6.31. The number of amides is 1. The number of aromatic nitrogens is 4. The van der Waals surface area contributed by atoms with Gasteiger partial charge in [0.2, 0.25) is 0 Å². The zero-order valence-electron chi connectivity index (χ0n) is 14.0. The van der Waals surface area contributed by atoms with Gasteiger partial charge < -0.3 is 10.3 Å². The minimum Gasteiger partial charge on any atom is -0.337 e. The number of carbonyl (C=O) groups is 1. The normalized spacial score (nSPS) is 11.0. The molecule has 0 fully saturated rings. The van der Waals surface area contributed by atoms with Crippen LogP contribution in [0.25, 0.3) is 22.6 Å². The molecule has 0 spiro atoms. The molecule has 7 heteroatoms. The number of halogens is 1. The molecule has 26 heavy (non-hydrogen) atoms. The molecule has 0 bridgehead atoms. The Balaban J connectivity index is 1.54. The number of fused-ring (bicyclic) bond motifs is 1. The van der Waals surface area contributed by atoms with Crippen LogP contribution in [0.1, 0.15) is 22.8 Å². The molecule has 0 atom stereocenters. The number of aryl methyl sites for hydroxylation is 1. The lowest BCUT2D eigenvalue weighted by Gasteiger charge is -2.05. The van der Waals surface area contributed by atoms with Crippen molar-refractivity contribution in [1.29, 1.82) is 0 Å². The van der Waals surface area contributed by atoms with E-state index in [9.17, 15) is 4.79 Å². The summed E-state index contributed by atoms with van der Waals surface area (Å²) in [7, 11) is 0. The smallest absolute Gasteiger partial charge is 0.256 e. The van der Waals surface area contributed by atoms with Gasteiger partial charge in [0.25, 0.3) is 5.91 Å². The maximum absolute atomic E-state index is 12.4. The van der Waals surface area contributed by atoms with Crippen LogP contribution in [0.3, 0.4) is 0 Å². The molecule has 2 aromatic heterocycles. The van der Waals surface area contributed by atoms with E-state index in [0.717, 1.165) is 23.0 Å². The average Bonchev–Trinajstić information content (AvgIpc) is 3.28. The van der Waals surface area contributed by atoms with Crippen molar-refractivity contribution in [2.45, 2.75) is 13.3 Å². The second-order valence-electron chi connectivity index (χ2n) is 5.88. The van der Waals surface area contributed by atoms with E-state index in [1.807, 2.05) is 37.3 Å². The number of anilines is 1. The van der Waals surface area contributed by atoms with Gasteiger partial charge in [0.1, 0.15) is 5.69 Å². The van der Waals surface area contributed by atoms with Gasteiger partial charge in [-0.15, -0.1) is 0 Å². The number of nitrogens with one attached hydrogen (secondary N) is 3. The second kappa shape index (κ2) is 6.65. The minimum absolute atomic E-state index is 0.266. The van der Waals surface area contributed by atoms with E-state index in [4.69, 9.17) is 11.6 Å². The number of rotatable bonds is 4. The molecule has 6 nitrogen and oxygen atoms in total. The number of benzene rings is 2. The zero-order chi connectivity index (χ0) is 18.1. The van der Waals surface area contributed by atoms with Gasteiger partial charge in [-0.1, -0.05) is 36.7 Å². The molecule has 1 amide bonds. The number of hydrogen-bond donors (Lipinski definition) is 3. The molecule has 2 aromatic carbocycles. The van der Waals surface area contributed by atoms with Crippen molar-refractivity contribution in [3.8, 4) is 11.5 Å². The molecule has 130 valence electrons. The van der Waals surface area contributed by atoms with E-state index in [1.165, 1.54) is 0 Å². The van der Waals surface area contributed by atoms with Gasteiger partial charge in [-0.2, -0.15) is 5.10 Å². The highest BCUT2D eigenvalue weighted by atomic mass is 35.5. The van der Waals surface area contributed by atoms with Gasteiger partial charge >= 0.3 is 0 Å².